The molecule has 1 aromatic carbocycles. The number of amides is 2. The molecule has 4 rings (SSSR count). The minimum absolute atomic E-state index is 0.00357. The summed E-state index contributed by atoms with van der Waals surface area (Å²) in [5, 5.41) is 18.3. The van der Waals surface area contributed by atoms with Gasteiger partial charge < -0.3 is 10.6 Å². The van der Waals surface area contributed by atoms with E-state index in [1.165, 1.54) is 6.92 Å². The van der Waals surface area contributed by atoms with E-state index in [1.54, 1.807) is 10.9 Å². The number of benzene rings is 1. The number of anilines is 1. The second kappa shape index (κ2) is 6.86. The molecule has 2 amide bonds. The van der Waals surface area contributed by atoms with Gasteiger partial charge in [-0.3, -0.25) is 19.4 Å². The number of aromatic amines is 1. The average molecular weight is 366 g/mol. The number of fused-ring (bicyclic) bond motifs is 1. The second-order valence-electron chi connectivity index (χ2n) is 7.09. The molecule has 1 atom stereocenters. The summed E-state index contributed by atoms with van der Waals surface area (Å²) in [5.41, 5.74) is 1.89. The van der Waals surface area contributed by atoms with E-state index in [2.05, 4.69) is 25.9 Å². The standard InChI is InChI=1S/C19H22N6O2/c1-11(25-17-6-4-3-5-13(17)10-20-25)19(27)22-18-9-16(23-24-18)14-7-15(8-14)21-12(2)26/h3-6,9-11,14-15H,7-8H2,1-2H3,(H,21,26)(H2,22,23,24,27). The second-order valence-corrected chi connectivity index (χ2v) is 7.09. The molecule has 3 aromatic rings. The van der Waals surface area contributed by atoms with E-state index in [-0.39, 0.29) is 17.9 Å². The maximum Gasteiger partial charge on any atom is 0.250 e. The van der Waals surface area contributed by atoms with Crippen LogP contribution in [0.2, 0.25) is 0 Å². The highest BCUT2D eigenvalue weighted by atomic mass is 16.2. The van der Waals surface area contributed by atoms with Crippen LogP contribution in [0.5, 0.6) is 0 Å². The number of H-pyrrole nitrogens is 1. The lowest BCUT2D eigenvalue weighted by Gasteiger charge is -2.34. The third kappa shape index (κ3) is 3.42. The summed E-state index contributed by atoms with van der Waals surface area (Å²) in [6.07, 6.45) is 3.52. The zero-order chi connectivity index (χ0) is 19.0. The van der Waals surface area contributed by atoms with Gasteiger partial charge in [-0.2, -0.15) is 10.2 Å². The predicted molar refractivity (Wildman–Crippen MR) is 101 cm³/mol. The van der Waals surface area contributed by atoms with Gasteiger partial charge in [0.15, 0.2) is 5.82 Å². The number of hydrogen-bond acceptors (Lipinski definition) is 4. The summed E-state index contributed by atoms with van der Waals surface area (Å²) in [5.74, 6) is 0.650. The Morgan fingerprint density at radius 2 is 2.07 bits per heavy atom. The highest BCUT2D eigenvalue weighted by Crippen LogP contribution is 2.36. The summed E-state index contributed by atoms with van der Waals surface area (Å²) < 4.78 is 1.71. The minimum Gasteiger partial charge on any atom is -0.354 e. The molecule has 1 unspecified atom stereocenters. The van der Waals surface area contributed by atoms with Gasteiger partial charge in [0, 0.05) is 36.0 Å². The van der Waals surface area contributed by atoms with Crippen molar-refractivity contribution >= 4 is 28.5 Å². The maximum atomic E-state index is 12.6. The summed E-state index contributed by atoms with van der Waals surface area (Å²) in [4.78, 5) is 23.7. The van der Waals surface area contributed by atoms with Crippen LogP contribution in [0, 0.1) is 0 Å². The van der Waals surface area contributed by atoms with Gasteiger partial charge in [0.25, 0.3) is 0 Å². The van der Waals surface area contributed by atoms with Crippen LogP contribution < -0.4 is 10.6 Å². The number of carbonyl (C=O) groups is 2. The highest BCUT2D eigenvalue weighted by molar-refractivity contribution is 5.93. The van der Waals surface area contributed by atoms with Crippen LogP contribution in [0.25, 0.3) is 10.9 Å². The molecule has 8 nitrogen and oxygen atoms in total. The molecule has 3 N–H and O–H groups in total. The van der Waals surface area contributed by atoms with E-state index in [0.29, 0.717) is 11.7 Å². The first kappa shape index (κ1) is 17.3. The van der Waals surface area contributed by atoms with E-state index in [4.69, 9.17) is 0 Å². The lowest BCUT2D eigenvalue weighted by atomic mass is 9.78. The van der Waals surface area contributed by atoms with E-state index >= 15 is 0 Å². The summed E-state index contributed by atoms with van der Waals surface area (Å²) in [6.45, 7) is 3.34. The van der Waals surface area contributed by atoms with Gasteiger partial charge in [-0.15, -0.1) is 0 Å². The number of nitrogens with zero attached hydrogens (tertiary/aromatic N) is 3. The summed E-state index contributed by atoms with van der Waals surface area (Å²) >= 11 is 0. The zero-order valence-corrected chi connectivity index (χ0v) is 15.3. The zero-order valence-electron chi connectivity index (χ0n) is 15.3. The van der Waals surface area contributed by atoms with E-state index in [1.807, 2.05) is 37.3 Å². The van der Waals surface area contributed by atoms with Gasteiger partial charge in [0.05, 0.1) is 11.7 Å². The lowest BCUT2D eigenvalue weighted by molar-refractivity contribution is -0.120. The number of nitrogens with one attached hydrogen (secondary N) is 3. The SMILES string of the molecule is CC(=O)NC1CC(c2cc(NC(=O)C(C)n3ncc4ccccc43)n[nH]2)C1. The molecular weight excluding hydrogens is 344 g/mol. The molecule has 27 heavy (non-hydrogen) atoms. The van der Waals surface area contributed by atoms with Crippen LogP contribution in [0.3, 0.4) is 0 Å². The van der Waals surface area contributed by atoms with Crippen LogP contribution in [0.15, 0.2) is 36.5 Å². The van der Waals surface area contributed by atoms with E-state index < -0.39 is 6.04 Å². The molecule has 0 saturated heterocycles. The minimum atomic E-state index is -0.460. The average Bonchev–Trinajstić information content (AvgIpc) is 3.23. The smallest absolute Gasteiger partial charge is 0.250 e. The topological polar surface area (TPSA) is 105 Å². The predicted octanol–water partition coefficient (Wildman–Crippen LogP) is 2.34. The van der Waals surface area contributed by atoms with Crippen molar-refractivity contribution in [1.82, 2.24) is 25.3 Å². The Kier molecular flexibility index (Phi) is 4.39. The number of hydrogen-bond donors (Lipinski definition) is 3. The Balaban J connectivity index is 1.39. The highest BCUT2D eigenvalue weighted by Gasteiger charge is 2.32. The van der Waals surface area contributed by atoms with E-state index in [0.717, 1.165) is 29.4 Å². The third-order valence-electron chi connectivity index (χ3n) is 5.09. The molecule has 0 bridgehead atoms. The largest absolute Gasteiger partial charge is 0.354 e. The Labute approximate surface area is 156 Å². The first-order chi connectivity index (χ1) is 13.0. The van der Waals surface area contributed by atoms with E-state index in [9.17, 15) is 9.59 Å². The number of para-hydroxylation sites is 1. The molecule has 140 valence electrons. The molecule has 2 heterocycles. The van der Waals surface area contributed by atoms with Crippen molar-refractivity contribution in [3.8, 4) is 0 Å². The normalized spacial score (nSPS) is 20.1. The molecule has 0 spiro atoms. The summed E-state index contributed by atoms with van der Waals surface area (Å²) in [7, 11) is 0. The first-order valence-electron chi connectivity index (χ1n) is 9.07. The summed E-state index contributed by atoms with van der Waals surface area (Å²) in [6, 6.07) is 9.41. The number of aromatic nitrogens is 4. The lowest BCUT2D eigenvalue weighted by Crippen LogP contribution is -2.42. The van der Waals surface area contributed by atoms with Gasteiger partial charge in [0.1, 0.15) is 6.04 Å². The van der Waals surface area contributed by atoms with Crippen molar-refractivity contribution < 1.29 is 9.59 Å². The molecule has 1 saturated carbocycles. The fourth-order valence-electron chi connectivity index (χ4n) is 3.53. The van der Waals surface area contributed by atoms with Crippen LogP contribution in [-0.2, 0) is 9.59 Å². The Morgan fingerprint density at radius 3 is 2.85 bits per heavy atom. The Hall–Kier alpha value is -3.16. The van der Waals surface area contributed by atoms with Crippen molar-refractivity contribution in [2.75, 3.05) is 5.32 Å². The Bertz CT molecular complexity index is 985. The quantitative estimate of drug-likeness (QED) is 0.644. The molecule has 1 aliphatic carbocycles. The number of carbonyl (C=O) groups excluding carboxylic acids is 2. The monoisotopic (exact) mass is 366 g/mol. The number of rotatable bonds is 5. The van der Waals surface area contributed by atoms with Gasteiger partial charge in [-0.05, 0) is 25.8 Å². The van der Waals surface area contributed by atoms with Crippen LogP contribution >= 0.6 is 0 Å². The van der Waals surface area contributed by atoms with Gasteiger partial charge in [-0.1, -0.05) is 18.2 Å². The fourth-order valence-corrected chi connectivity index (χ4v) is 3.53. The fraction of sp³-hybridized carbons (Fsp3) is 0.368. The molecule has 2 aromatic heterocycles. The molecule has 8 heteroatoms. The molecule has 1 fully saturated rings. The van der Waals surface area contributed by atoms with Gasteiger partial charge in [-0.25, -0.2) is 0 Å². The molecule has 0 aliphatic heterocycles. The van der Waals surface area contributed by atoms with Crippen LogP contribution in [-0.4, -0.2) is 37.8 Å². The van der Waals surface area contributed by atoms with Gasteiger partial charge >= 0.3 is 0 Å². The van der Waals surface area contributed by atoms with Crippen molar-refractivity contribution in [3.05, 3.63) is 42.2 Å². The van der Waals surface area contributed by atoms with Crippen molar-refractivity contribution in [3.63, 3.8) is 0 Å². The van der Waals surface area contributed by atoms with Crippen LogP contribution in [0.1, 0.15) is 44.3 Å². The molecule has 1 aliphatic rings. The van der Waals surface area contributed by atoms with Gasteiger partial charge in [0.2, 0.25) is 11.8 Å². The molecular formula is C19H22N6O2. The first-order valence-corrected chi connectivity index (χ1v) is 9.07. The maximum absolute atomic E-state index is 12.6. The van der Waals surface area contributed by atoms with Crippen molar-refractivity contribution in [2.24, 2.45) is 0 Å². The van der Waals surface area contributed by atoms with Crippen molar-refractivity contribution in [2.45, 2.75) is 44.7 Å². The Morgan fingerprint density at radius 1 is 1.30 bits per heavy atom. The van der Waals surface area contributed by atoms with Crippen molar-refractivity contribution in [1.29, 1.82) is 0 Å². The van der Waals surface area contributed by atoms with Crippen LogP contribution in [0.4, 0.5) is 5.82 Å². The molecule has 0 radical (unpaired) electrons. The third-order valence-corrected chi connectivity index (χ3v) is 5.09.